The maximum Gasteiger partial charge on any atom is 0.243 e. The number of rotatable bonds is 9. The Morgan fingerprint density at radius 3 is 1.71 bits per heavy atom. The van der Waals surface area contributed by atoms with Crippen LogP contribution in [-0.4, -0.2) is 69.5 Å². The normalized spacial score (nSPS) is 11.5. The number of hydrogen-bond acceptors (Lipinski definition) is 10. The van der Waals surface area contributed by atoms with Crippen molar-refractivity contribution in [3.8, 4) is 45.8 Å². The van der Waals surface area contributed by atoms with Gasteiger partial charge in [-0.15, -0.1) is 0 Å². The molecule has 0 aliphatic carbocycles. The van der Waals surface area contributed by atoms with E-state index in [4.69, 9.17) is 32.8 Å². The molecule has 0 unspecified atom stereocenters. The lowest BCUT2D eigenvalue weighted by Gasteiger charge is -2.19. The molecule has 2 aromatic carbocycles. The summed E-state index contributed by atoms with van der Waals surface area (Å²) in [7, 11) is 7.09. The second-order valence-electron chi connectivity index (χ2n) is 7.30. The first-order valence-corrected chi connectivity index (χ1v) is 11.6. The van der Waals surface area contributed by atoms with Crippen LogP contribution in [0.15, 0.2) is 32.3 Å². The molecule has 190 valence electrons. The fourth-order valence-corrected chi connectivity index (χ4v) is 4.72. The summed E-state index contributed by atoms with van der Waals surface area (Å²) >= 11 is 0. The Hall–Kier alpha value is -3.64. The van der Waals surface area contributed by atoms with Gasteiger partial charge in [-0.3, -0.25) is 4.79 Å². The molecule has 1 heterocycles. The lowest BCUT2D eigenvalue weighted by atomic mass is 10.1. The Labute approximate surface area is 202 Å². The van der Waals surface area contributed by atoms with Gasteiger partial charge in [-0.05, 0) is 6.07 Å². The SMILES string of the molecule is COc1cc(-c2cc(=O)c3c(OC)c(OC)c(OC)c(OC)c3o2)c(S(=O)(=O)N(C)C)cc1OC. The molecule has 0 spiro atoms. The average Bonchev–Trinajstić information content (AvgIpc) is 2.85. The lowest BCUT2D eigenvalue weighted by molar-refractivity contribution is 0.307. The molecule has 0 radical (unpaired) electrons. The molecular weight excluding hydrogens is 482 g/mol. The summed E-state index contributed by atoms with van der Waals surface area (Å²) in [6, 6.07) is 3.88. The lowest BCUT2D eigenvalue weighted by Crippen LogP contribution is -2.23. The molecule has 3 rings (SSSR count). The van der Waals surface area contributed by atoms with Crippen molar-refractivity contribution < 1.29 is 41.3 Å². The molecule has 0 aliphatic heterocycles. The zero-order chi connectivity index (χ0) is 26.1. The maximum absolute atomic E-state index is 13.4. The van der Waals surface area contributed by atoms with Crippen LogP contribution >= 0.6 is 0 Å². The monoisotopic (exact) mass is 509 g/mol. The number of hydrogen-bond donors (Lipinski definition) is 0. The Morgan fingerprint density at radius 1 is 0.714 bits per heavy atom. The summed E-state index contributed by atoms with van der Waals surface area (Å²) < 4.78 is 65.9. The van der Waals surface area contributed by atoms with Gasteiger partial charge in [0.15, 0.2) is 28.3 Å². The molecule has 0 atom stereocenters. The van der Waals surface area contributed by atoms with Crippen LogP contribution in [-0.2, 0) is 10.0 Å². The molecule has 35 heavy (non-hydrogen) atoms. The Morgan fingerprint density at radius 2 is 1.23 bits per heavy atom. The van der Waals surface area contributed by atoms with Crippen LogP contribution in [0, 0.1) is 0 Å². The predicted molar refractivity (Wildman–Crippen MR) is 128 cm³/mol. The van der Waals surface area contributed by atoms with Crippen LogP contribution in [0.3, 0.4) is 0 Å². The molecule has 0 amide bonds. The van der Waals surface area contributed by atoms with E-state index < -0.39 is 15.5 Å². The van der Waals surface area contributed by atoms with E-state index >= 15 is 0 Å². The number of fused-ring (bicyclic) bond motifs is 1. The van der Waals surface area contributed by atoms with E-state index in [1.54, 1.807) is 0 Å². The minimum Gasteiger partial charge on any atom is -0.493 e. The maximum atomic E-state index is 13.4. The van der Waals surface area contributed by atoms with E-state index in [1.807, 2.05) is 0 Å². The molecule has 0 bridgehead atoms. The third kappa shape index (κ3) is 4.19. The molecule has 0 aliphatic rings. The third-order valence-corrected chi connectivity index (χ3v) is 7.18. The minimum absolute atomic E-state index is 0.0208. The predicted octanol–water partition coefficient (Wildman–Crippen LogP) is 2.76. The molecule has 3 aromatic rings. The molecule has 0 fully saturated rings. The van der Waals surface area contributed by atoms with Crippen molar-refractivity contribution in [3.05, 3.63) is 28.4 Å². The van der Waals surface area contributed by atoms with Gasteiger partial charge in [0.1, 0.15) is 11.1 Å². The summed E-state index contributed by atoms with van der Waals surface area (Å²) in [5.74, 6) is 0.779. The van der Waals surface area contributed by atoms with Crippen LogP contribution < -0.4 is 33.8 Å². The molecule has 11 nitrogen and oxygen atoms in total. The highest BCUT2D eigenvalue weighted by molar-refractivity contribution is 7.89. The van der Waals surface area contributed by atoms with Gasteiger partial charge in [0, 0.05) is 31.8 Å². The van der Waals surface area contributed by atoms with Crippen molar-refractivity contribution >= 4 is 21.0 Å². The van der Waals surface area contributed by atoms with Crippen LogP contribution in [0.5, 0.6) is 34.5 Å². The van der Waals surface area contributed by atoms with Crippen molar-refractivity contribution in [1.29, 1.82) is 0 Å². The molecule has 0 N–H and O–H groups in total. The fraction of sp³-hybridized carbons (Fsp3) is 0.348. The number of sulfonamides is 1. The van der Waals surface area contributed by atoms with E-state index in [2.05, 4.69) is 0 Å². The first-order valence-electron chi connectivity index (χ1n) is 10.1. The smallest absolute Gasteiger partial charge is 0.243 e. The summed E-state index contributed by atoms with van der Waals surface area (Å²) in [5, 5.41) is 0.0308. The standard InChI is InChI=1S/C23H27NO10S/c1-24(2)35(26,27)17-11-16(29-4)15(28-3)9-12(17)14-10-13(25)18-19(30-5)21(31-6)23(33-8)22(32-7)20(18)34-14/h9-11H,1-8H3. The Bertz CT molecular complexity index is 1430. The van der Waals surface area contributed by atoms with Crippen LogP contribution in [0.2, 0.25) is 0 Å². The molecule has 1 aromatic heterocycles. The van der Waals surface area contributed by atoms with E-state index in [9.17, 15) is 13.2 Å². The second-order valence-corrected chi connectivity index (χ2v) is 9.42. The van der Waals surface area contributed by atoms with Gasteiger partial charge in [0.2, 0.25) is 27.3 Å². The van der Waals surface area contributed by atoms with Crippen LogP contribution in [0.4, 0.5) is 0 Å². The van der Waals surface area contributed by atoms with Gasteiger partial charge in [-0.2, -0.15) is 0 Å². The Balaban J connectivity index is 2.54. The largest absolute Gasteiger partial charge is 0.493 e. The zero-order valence-electron chi connectivity index (χ0n) is 20.7. The highest BCUT2D eigenvalue weighted by atomic mass is 32.2. The van der Waals surface area contributed by atoms with E-state index in [0.717, 1.165) is 10.4 Å². The summed E-state index contributed by atoms with van der Waals surface area (Å²) in [6.07, 6.45) is 0. The van der Waals surface area contributed by atoms with Crippen molar-refractivity contribution in [2.45, 2.75) is 4.90 Å². The van der Waals surface area contributed by atoms with Crippen molar-refractivity contribution in [1.82, 2.24) is 4.31 Å². The van der Waals surface area contributed by atoms with Gasteiger partial charge in [0.25, 0.3) is 0 Å². The van der Waals surface area contributed by atoms with Crippen molar-refractivity contribution in [2.24, 2.45) is 0 Å². The molecule has 0 saturated heterocycles. The summed E-state index contributed by atoms with van der Waals surface area (Å²) in [5.41, 5.74) is -0.473. The summed E-state index contributed by atoms with van der Waals surface area (Å²) in [4.78, 5) is 13.2. The topological polar surface area (TPSA) is 123 Å². The highest BCUT2D eigenvalue weighted by Crippen LogP contribution is 2.50. The van der Waals surface area contributed by atoms with E-state index in [0.29, 0.717) is 0 Å². The van der Waals surface area contributed by atoms with Gasteiger partial charge >= 0.3 is 0 Å². The van der Waals surface area contributed by atoms with E-state index in [1.165, 1.54) is 68.9 Å². The van der Waals surface area contributed by atoms with Crippen molar-refractivity contribution in [3.63, 3.8) is 0 Å². The highest BCUT2D eigenvalue weighted by Gasteiger charge is 2.30. The van der Waals surface area contributed by atoms with Crippen LogP contribution in [0.25, 0.3) is 22.3 Å². The minimum atomic E-state index is -4.00. The summed E-state index contributed by atoms with van der Waals surface area (Å²) in [6.45, 7) is 0. The van der Waals surface area contributed by atoms with Crippen molar-refractivity contribution in [2.75, 3.05) is 56.8 Å². The van der Waals surface area contributed by atoms with Gasteiger partial charge in [0.05, 0.1) is 47.6 Å². The van der Waals surface area contributed by atoms with Crippen LogP contribution in [0.1, 0.15) is 0 Å². The number of benzene rings is 2. The van der Waals surface area contributed by atoms with Gasteiger partial charge in [-0.1, -0.05) is 0 Å². The fourth-order valence-electron chi connectivity index (χ4n) is 3.64. The number of ether oxygens (including phenoxy) is 6. The Kier molecular flexibility index (Phi) is 7.36. The number of nitrogens with zero attached hydrogens (tertiary/aromatic N) is 1. The third-order valence-electron chi connectivity index (χ3n) is 5.33. The first-order chi connectivity index (χ1) is 16.6. The van der Waals surface area contributed by atoms with Gasteiger partial charge < -0.3 is 32.8 Å². The molecule has 0 saturated carbocycles. The quantitative estimate of drug-likeness (QED) is 0.425. The second kappa shape index (κ2) is 9.92. The number of methoxy groups -OCH3 is 6. The zero-order valence-corrected chi connectivity index (χ0v) is 21.5. The molecular formula is C23H27NO10S. The average molecular weight is 510 g/mol. The first kappa shape index (κ1) is 26.0. The molecule has 12 heteroatoms. The van der Waals surface area contributed by atoms with Gasteiger partial charge in [-0.25, -0.2) is 12.7 Å². The van der Waals surface area contributed by atoms with E-state index in [-0.39, 0.29) is 61.7 Å².